The number of ketones is 1. The number of nitrogens with one attached hydrogen (secondary N) is 1. The van der Waals surface area contributed by atoms with Crippen molar-refractivity contribution in [1.29, 1.82) is 0 Å². The standard InChI is InChI=1S/C25H31NO3/c1-15-9-11-17(12-10-15)22-21(24(28)29-18-7-5-6-8-18)16(2)26-19-13-25(3,4)14-20(27)23(19)22/h9-12,18,22,26H,5-8,13-14H2,1-4H3/t22-/m0/s1. The van der Waals surface area contributed by atoms with Crippen molar-refractivity contribution >= 4 is 11.8 Å². The molecular weight excluding hydrogens is 362 g/mol. The lowest BCUT2D eigenvalue weighted by Gasteiger charge is -2.39. The highest BCUT2D eigenvalue weighted by Gasteiger charge is 2.43. The smallest absolute Gasteiger partial charge is 0.337 e. The van der Waals surface area contributed by atoms with Crippen LogP contribution in [0.5, 0.6) is 0 Å². The van der Waals surface area contributed by atoms with E-state index in [0.717, 1.165) is 60.2 Å². The summed E-state index contributed by atoms with van der Waals surface area (Å²) < 4.78 is 5.88. The third kappa shape index (κ3) is 3.90. The topological polar surface area (TPSA) is 55.4 Å². The molecule has 0 spiro atoms. The Balaban J connectivity index is 1.78. The Hall–Kier alpha value is -2.36. The summed E-state index contributed by atoms with van der Waals surface area (Å²) in [5, 5.41) is 3.41. The van der Waals surface area contributed by atoms with Crippen LogP contribution < -0.4 is 5.32 Å². The molecule has 1 aliphatic heterocycles. The summed E-state index contributed by atoms with van der Waals surface area (Å²) in [6.45, 7) is 8.23. The van der Waals surface area contributed by atoms with E-state index in [1.165, 1.54) is 0 Å². The molecule has 1 saturated carbocycles. The molecule has 0 aromatic heterocycles. The van der Waals surface area contributed by atoms with Crippen LogP contribution in [-0.4, -0.2) is 17.9 Å². The molecule has 1 N–H and O–H groups in total. The molecule has 0 radical (unpaired) electrons. The zero-order valence-electron chi connectivity index (χ0n) is 17.9. The van der Waals surface area contributed by atoms with E-state index in [2.05, 4.69) is 19.2 Å². The molecule has 29 heavy (non-hydrogen) atoms. The van der Waals surface area contributed by atoms with Gasteiger partial charge in [0.1, 0.15) is 6.10 Å². The van der Waals surface area contributed by atoms with Gasteiger partial charge in [0.2, 0.25) is 0 Å². The Kier molecular flexibility index (Phi) is 5.14. The number of hydrogen-bond acceptors (Lipinski definition) is 4. The van der Waals surface area contributed by atoms with E-state index >= 15 is 0 Å². The van der Waals surface area contributed by atoms with Gasteiger partial charge >= 0.3 is 5.97 Å². The molecule has 1 fully saturated rings. The number of esters is 1. The van der Waals surface area contributed by atoms with E-state index in [4.69, 9.17) is 4.74 Å². The van der Waals surface area contributed by atoms with Crippen LogP contribution in [0.1, 0.15) is 76.3 Å². The van der Waals surface area contributed by atoms with Gasteiger partial charge < -0.3 is 10.1 Å². The van der Waals surface area contributed by atoms with Crippen molar-refractivity contribution in [3.05, 3.63) is 57.9 Å². The Labute approximate surface area is 173 Å². The normalized spacial score (nSPS) is 24.4. The Morgan fingerprint density at radius 3 is 2.38 bits per heavy atom. The van der Waals surface area contributed by atoms with Gasteiger partial charge in [-0.25, -0.2) is 4.79 Å². The first-order chi connectivity index (χ1) is 13.7. The molecule has 1 atom stereocenters. The van der Waals surface area contributed by atoms with E-state index in [0.29, 0.717) is 12.0 Å². The van der Waals surface area contributed by atoms with E-state index in [1.54, 1.807) is 0 Å². The summed E-state index contributed by atoms with van der Waals surface area (Å²) >= 11 is 0. The Morgan fingerprint density at radius 2 is 1.72 bits per heavy atom. The van der Waals surface area contributed by atoms with Gasteiger partial charge in [0.15, 0.2) is 5.78 Å². The lowest BCUT2D eigenvalue weighted by atomic mass is 9.68. The first kappa shape index (κ1) is 19.9. The van der Waals surface area contributed by atoms with Gasteiger partial charge in [-0.3, -0.25) is 4.79 Å². The average molecular weight is 394 g/mol. The van der Waals surface area contributed by atoms with E-state index < -0.39 is 0 Å². The number of Topliss-reactive ketones (excluding diaryl/α,β-unsaturated/α-hetero) is 1. The molecule has 154 valence electrons. The predicted octanol–water partition coefficient (Wildman–Crippen LogP) is 5.08. The molecule has 2 aliphatic carbocycles. The van der Waals surface area contributed by atoms with E-state index in [-0.39, 0.29) is 29.2 Å². The summed E-state index contributed by atoms with van der Waals surface area (Å²) in [6, 6.07) is 8.17. The molecule has 0 unspecified atom stereocenters. The maximum absolute atomic E-state index is 13.3. The molecule has 0 amide bonds. The number of hydrogen-bond donors (Lipinski definition) is 1. The first-order valence-corrected chi connectivity index (χ1v) is 10.8. The molecule has 0 bridgehead atoms. The lowest BCUT2D eigenvalue weighted by Crippen LogP contribution is -2.39. The van der Waals surface area contributed by atoms with Crippen LogP contribution in [0.4, 0.5) is 0 Å². The van der Waals surface area contributed by atoms with Gasteiger partial charge in [0.05, 0.1) is 5.57 Å². The summed E-state index contributed by atoms with van der Waals surface area (Å²) in [7, 11) is 0. The second-order valence-corrected chi connectivity index (χ2v) is 9.65. The minimum atomic E-state index is -0.357. The van der Waals surface area contributed by atoms with Crippen molar-refractivity contribution in [2.45, 2.75) is 78.2 Å². The van der Waals surface area contributed by atoms with Crippen LogP contribution in [0.2, 0.25) is 0 Å². The van der Waals surface area contributed by atoms with Crippen molar-refractivity contribution in [1.82, 2.24) is 5.32 Å². The molecule has 0 saturated heterocycles. The zero-order chi connectivity index (χ0) is 20.8. The number of carbonyl (C=O) groups excluding carboxylic acids is 2. The molecule has 4 nitrogen and oxygen atoms in total. The van der Waals surface area contributed by atoms with Crippen LogP contribution in [-0.2, 0) is 14.3 Å². The first-order valence-electron chi connectivity index (χ1n) is 10.8. The summed E-state index contributed by atoms with van der Waals surface area (Å²) in [4.78, 5) is 26.5. The Bertz CT molecular complexity index is 899. The van der Waals surface area contributed by atoms with Gasteiger partial charge in [-0.15, -0.1) is 0 Å². The van der Waals surface area contributed by atoms with Gasteiger partial charge in [0.25, 0.3) is 0 Å². The van der Waals surface area contributed by atoms with Crippen LogP contribution in [0.15, 0.2) is 46.8 Å². The second kappa shape index (κ2) is 7.47. The fraction of sp³-hybridized carbons (Fsp3) is 0.520. The molecule has 1 aromatic rings. The van der Waals surface area contributed by atoms with Crippen molar-refractivity contribution in [2.75, 3.05) is 0 Å². The van der Waals surface area contributed by atoms with Gasteiger partial charge in [-0.05, 0) is 56.9 Å². The van der Waals surface area contributed by atoms with Gasteiger partial charge in [-0.1, -0.05) is 43.7 Å². The van der Waals surface area contributed by atoms with Crippen molar-refractivity contribution in [2.24, 2.45) is 5.41 Å². The van der Waals surface area contributed by atoms with Crippen molar-refractivity contribution in [3.8, 4) is 0 Å². The van der Waals surface area contributed by atoms with Crippen LogP contribution in [0.25, 0.3) is 0 Å². The van der Waals surface area contributed by atoms with Crippen LogP contribution in [0, 0.1) is 12.3 Å². The van der Waals surface area contributed by atoms with Crippen molar-refractivity contribution in [3.63, 3.8) is 0 Å². The van der Waals surface area contributed by atoms with Crippen LogP contribution in [0.3, 0.4) is 0 Å². The number of benzene rings is 1. The van der Waals surface area contributed by atoms with Gasteiger partial charge in [0, 0.05) is 29.3 Å². The number of carbonyl (C=O) groups is 2. The lowest BCUT2D eigenvalue weighted by molar-refractivity contribution is -0.144. The second-order valence-electron chi connectivity index (χ2n) is 9.65. The molecule has 4 heteroatoms. The predicted molar refractivity (Wildman–Crippen MR) is 113 cm³/mol. The van der Waals surface area contributed by atoms with E-state index in [9.17, 15) is 9.59 Å². The number of dihydropyridines is 1. The number of rotatable bonds is 3. The molecule has 1 heterocycles. The van der Waals surface area contributed by atoms with E-state index in [1.807, 2.05) is 38.1 Å². The monoisotopic (exact) mass is 393 g/mol. The summed E-state index contributed by atoms with van der Waals surface area (Å²) in [5.41, 5.74) is 5.17. The number of allylic oxidation sites excluding steroid dienone is 3. The van der Waals surface area contributed by atoms with Gasteiger partial charge in [-0.2, -0.15) is 0 Å². The fourth-order valence-corrected chi connectivity index (χ4v) is 5.02. The minimum Gasteiger partial charge on any atom is -0.459 e. The molecular formula is C25H31NO3. The minimum absolute atomic E-state index is 0.00200. The highest BCUT2D eigenvalue weighted by atomic mass is 16.5. The molecule has 4 rings (SSSR count). The summed E-state index contributed by atoms with van der Waals surface area (Å²) in [5.74, 6) is -0.506. The largest absolute Gasteiger partial charge is 0.459 e. The molecule has 3 aliphatic rings. The van der Waals surface area contributed by atoms with Crippen LogP contribution >= 0.6 is 0 Å². The number of ether oxygens (including phenoxy) is 1. The number of aryl methyl sites for hydroxylation is 1. The highest BCUT2D eigenvalue weighted by Crippen LogP contribution is 2.47. The average Bonchev–Trinajstić information content (AvgIpc) is 3.13. The Morgan fingerprint density at radius 1 is 1.07 bits per heavy atom. The summed E-state index contributed by atoms with van der Waals surface area (Å²) in [6.07, 6.45) is 5.39. The maximum atomic E-state index is 13.3. The third-order valence-corrected chi connectivity index (χ3v) is 6.45. The SMILES string of the molecule is CC1=C(C(=O)OC2CCCC2)[C@H](c2ccc(C)cc2)C2=C(CC(C)(C)CC2=O)N1. The quantitative estimate of drug-likeness (QED) is 0.727. The highest BCUT2D eigenvalue weighted by molar-refractivity contribution is 6.04. The third-order valence-electron chi connectivity index (χ3n) is 6.45. The zero-order valence-corrected chi connectivity index (χ0v) is 17.9. The molecule has 1 aromatic carbocycles. The van der Waals surface area contributed by atoms with Crippen molar-refractivity contribution < 1.29 is 14.3 Å². The fourth-order valence-electron chi connectivity index (χ4n) is 5.02. The maximum Gasteiger partial charge on any atom is 0.337 e.